The van der Waals surface area contributed by atoms with Gasteiger partial charge in [0.1, 0.15) is 0 Å². The molecule has 1 unspecified atom stereocenters. The Balaban J connectivity index is 3.26. The number of aromatic nitrogens is 1. The third-order valence-corrected chi connectivity index (χ3v) is 2.51. The van der Waals surface area contributed by atoms with Gasteiger partial charge in [0, 0.05) is 6.20 Å². The predicted octanol–water partition coefficient (Wildman–Crippen LogP) is 3.52. The number of rotatable bonds is 1. The molecule has 0 bridgehead atoms. The quantitative estimate of drug-likeness (QED) is 0.738. The Morgan fingerprint density at radius 2 is 2.23 bits per heavy atom. The summed E-state index contributed by atoms with van der Waals surface area (Å²) in [6.45, 7) is 1.68. The van der Waals surface area contributed by atoms with Crippen LogP contribution in [-0.4, -0.2) is 4.98 Å². The first-order chi connectivity index (χ1) is 5.97. The number of pyridine rings is 1. The van der Waals surface area contributed by atoms with Crippen molar-refractivity contribution in [2.45, 2.75) is 11.2 Å². The molecule has 0 aliphatic carbocycles. The predicted molar refractivity (Wildman–Crippen MR) is 56.1 cm³/mol. The minimum atomic E-state index is -0.866. The van der Waals surface area contributed by atoms with Gasteiger partial charge in [0.2, 0.25) is 0 Å². The van der Waals surface area contributed by atoms with E-state index in [0.717, 1.165) is 0 Å². The summed E-state index contributed by atoms with van der Waals surface area (Å²) in [4.78, 5) is 3.99. The molecule has 0 N–H and O–H groups in total. The number of nitrogens with zero attached hydrogens (tertiary/aromatic N) is 2. The SMILES string of the molecule is CC(Br)(C#N)c1ncc(Cl)cc1Cl. The molecule has 1 atom stereocenters. The van der Waals surface area contributed by atoms with E-state index in [1.54, 1.807) is 13.0 Å². The smallest absolute Gasteiger partial charge is 0.152 e. The van der Waals surface area contributed by atoms with E-state index in [2.05, 4.69) is 20.9 Å². The highest BCUT2D eigenvalue weighted by molar-refractivity contribution is 9.09. The van der Waals surface area contributed by atoms with E-state index in [0.29, 0.717) is 15.7 Å². The summed E-state index contributed by atoms with van der Waals surface area (Å²) in [5.41, 5.74) is 0.473. The average molecular weight is 280 g/mol. The van der Waals surface area contributed by atoms with Gasteiger partial charge in [-0.2, -0.15) is 5.26 Å². The van der Waals surface area contributed by atoms with Gasteiger partial charge < -0.3 is 0 Å². The van der Waals surface area contributed by atoms with Crippen molar-refractivity contribution >= 4 is 39.1 Å². The van der Waals surface area contributed by atoms with Gasteiger partial charge in [0.05, 0.1) is 21.8 Å². The third-order valence-electron chi connectivity index (χ3n) is 1.46. The average Bonchev–Trinajstić information content (AvgIpc) is 2.03. The Labute approximate surface area is 94.6 Å². The summed E-state index contributed by atoms with van der Waals surface area (Å²) >= 11 is 14.7. The van der Waals surface area contributed by atoms with Crippen molar-refractivity contribution in [3.63, 3.8) is 0 Å². The Bertz CT molecular complexity index is 371. The van der Waals surface area contributed by atoms with Gasteiger partial charge in [-0.05, 0) is 13.0 Å². The van der Waals surface area contributed by atoms with E-state index < -0.39 is 4.32 Å². The molecule has 0 aromatic carbocycles. The van der Waals surface area contributed by atoms with Gasteiger partial charge in [-0.15, -0.1) is 0 Å². The van der Waals surface area contributed by atoms with Gasteiger partial charge in [-0.3, -0.25) is 4.98 Å². The zero-order chi connectivity index (χ0) is 10.1. The Morgan fingerprint density at radius 1 is 1.62 bits per heavy atom. The molecular formula is C8H5BrCl2N2. The molecule has 1 aromatic heterocycles. The second-order valence-electron chi connectivity index (χ2n) is 2.60. The van der Waals surface area contributed by atoms with Crippen LogP contribution in [0.1, 0.15) is 12.6 Å². The van der Waals surface area contributed by atoms with E-state index >= 15 is 0 Å². The second kappa shape index (κ2) is 3.83. The maximum Gasteiger partial charge on any atom is 0.152 e. The van der Waals surface area contributed by atoms with E-state index in [4.69, 9.17) is 28.5 Å². The topological polar surface area (TPSA) is 36.7 Å². The molecule has 0 saturated carbocycles. The van der Waals surface area contributed by atoms with Crippen molar-refractivity contribution in [3.05, 3.63) is 28.0 Å². The van der Waals surface area contributed by atoms with Crippen LogP contribution in [0.4, 0.5) is 0 Å². The van der Waals surface area contributed by atoms with Gasteiger partial charge in [-0.1, -0.05) is 39.1 Å². The minimum Gasteiger partial charge on any atom is -0.256 e. The first-order valence-corrected chi connectivity index (χ1v) is 4.94. The summed E-state index contributed by atoms with van der Waals surface area (Å²) in [7, 11) is 0. The molecule has 0 aliphatic rings. The normalized spacial score (nSPS) is 14.7. The molecular weight excluding hydrogens is 275 g/mol. The van der Waals surface area contributed by atoms with Crippen LogP contribution in [-0.2, 0) is 4.32 Å². The van der Waals surface area contributed by atoms with E-state index in [1.807, 2.05) is 6.07 Å². The monoisotopic (exact) mass is 278 g/mol. The van der Waals surface area contributed by atoms with Crippen molar-refractivity contribution in [1.82, 2.24) is 4.98 Å². The van der Waals surface area contributed by atoms with Crippen LogP contribution >= 0.6 is 39.1 Å². The molecule has 0 radical (unpaired) electrons. The van der Waals surface area contributed by atoms with Crippen LogP contribution in [0.25, 0.3) is 0 Å². The minimum absolute atomic E-state index is 0.383. The second-order valence-corrected chi connectivity index (χ2v) is 5.03. The van der Waals surface area contributed by atoms with Crippen molar-refractivity contribution in [2.75, 3.05) is 0 Å². The van der Waals surface area contributed by atoms with Crippen LogP contribution in [0.2, 0.25) is 10.0 Å². The summed E-state index contributed by atoms with van der Waals surface area (Å²) in [5.74, 6) is 0. The highest BCUT2D eigenvalue weighted by Gasteiger charge is 2.26. The maximum atomic E-state index is 8.81. The van der Waals surface area contributed by atoms with Crippen LogP contribution in [0.5, 0.6) is 0 Å². The molecule has 0 spiro atoms. The lowest BCUT2D eigenvalue weighted by Gasteiger charge is -2.13. The number of alkyl halides is 1. The lowest BCUT2D eigenvalue weighted by Crippen LogP contribution is -2.12. The summed E-state index contributed by atoms with van der Waals surface area (Å²) in [6, 6.07) is 3.60. The van der Waals surface area contributed by atoms with Crippen molar-refractivity contribution in [3.8, 4) is 6.07 Å². The van der Waals surface area contributed by atoms with E-state index in [1.165, 1.54) is 6.20 Å². The third kappa shape index (κ3) is 2.34. The Morgan fingerprint density at radius 3 is 2.69 bits per heavy atom. The summed E-state index contributed by atoms with van der Waals surface area (Å²) in [6.07, 6.45) is 1.46. The molecule has 0 saturated heterocycles. The fourth-order valence-electron chi connectivity index (χ4n) is 0.813. The molecule has 5 heteroatoms. The van der Waals surface area contributed by atoms with Crippen molar-refractivity contribution in [2.24, 2.45) is 0 Å². The highest BCUT2D eigenvalue weighted by Crippen LogP contribution is 2.34. The van der Waals surface area contributed by atoms with Crippen molar-refractivity contribution in [1.29, 1.82) is 5.26 Å². The van der Waals surface area contributed by atoms with Crippen LogP contribution < -0.4 is 0 Å². The van der Waals surface area contributed by atoms with Crippen LogP contribution in [0, 0.1) is 11.3 Å². The lowest BCUT2D eigenvalue weighted by atomic mass is 10.1. The fraction of sp³-hybridized carbons (Fsp3) is 0.250. The first-order valence-electron chi connectivity index (χ1n) is 3.39. The Kier molecular flexibility index (Phi) is 3.18. The molecule has 68 valence electrons. The van der Waals surface area contributed by atoms with Gasteiger partial charge in [0.25, 0.3) is 0 Å². The number of hydrogen-bond acceptors (Lipinski definition) is 2. The molecule has 1 heterocycles. The molecule has 1 rings (SSSR count). The summed E-state index contributed by atoms with van der Waals surface area (Å²) < 4.78 is -0.866. The summed E-state index contributed by atoms with van der Waals surface area (Å²) in [5, 5.41) is 9.65. The number of halogens is 3. The number of nitriles is 1. The zero-order valence-electron chi connectivity index (χ0n) is 6.68. The molecule has 0 aliphatic heterocycles. The van der Waals surface area contributed by atoms with E-state index in [-0.39, 0.29) is 0 Å². The molecule has 13 heavy (non-hydrogen) atoms. The van der Waals surface area contributed by atoms with Crippen molar-refractivity contribution < 1.29 is 0 Å². The molecule has 0 amide bonds. The van der Waals surface area contributed by atoms with Gasteiger partial charge >= 0.3 is 0 Å². The number of hydrogen-bond donors (Lipinski definition) is 0. The molecule has 1 aromatic rings. The maximum absolute atomic E-state index is 8.81. The van der Waals surface area contributed by atoms with E-state index in [9.17, 15) is 0 Å². The Hall–Kier alpha value is -0.300. The van der Waals surface area contributed by atoms with Gasteiger partial charge in [0.15, 0.2) is 4.32 Å². The van der Waals surface area contributed by atoms with Crippen LogP contribution in [0.3, 0.4) is 0 Å². The largest absolute Gasteiger partial charge is 0.256 e. The molecule has 2 nitrogen and oxygen atoms in total. The zero-order valence-corrected chi connectivity index (χ0v) is 9.78. The first kappa shape index (κ1) is 10.8. The van der Waals surface area contributed by atoms with Gasteiger partial charge in [-0.25, -0.2) is 0 Å². The standard InChI is InChI=1S/C8H5BrCl2N2/c1-8(9,4-12)7-6(11)2-5(10)3-13-7/h2-3H,1H3. The highest BCUT2D eigenvalue weighted by atomic mass is 79.9. The molecule has 0 fully saturated rings. The lowest BCUT2D eigenvalue weighted by molar-refractivity contribution is 0.866. The fourth-order valence-corrected chi connectivity index (χ4v) is 1.81. The van der Waals surface area contributed by atoms with Crippen LogP contribution in [0.15, 0.2) is 12.3 Å².